The van der Waals surface area contributed by atoms with Gasteiger partial charge >= 0.3 is 0 Å². The van der Waals surface area contributed by atoms with Crippen molar-refractivity contribution in [2.45, 2.75) is 32.8 Å². The number of hydrogen-bond acceptors (Lipinski definition) is 2. The molecule has 1 heterocycles. The third kappa shape index (κ3) is 2.31. The summed E-state index contributed by atoms with van der Waals surface area (Å²) in [6.45, 7) is 4.20. The molecule has 1 aromatic heterocycles. The second-order valence-corrected chi connectivity index (χ2v) is 3.44. The summed E-state index contributed by atoms with van der Waals surface area (Å²) < 4.78 is 1.72. The Kier molecular flexibility index (Phi) is 3.48. The van der Waals surface area contributed by atoms with Crippen LogP contribution in [0.4, 0.5) is 0 Å². The highest BCUT2D eigenvalue weighted by molar-refractivity contribution is 5.03. The first-order chi connectivity index (χ1) is 6.19. The van der Waals surface area contributed by atoms with E-state index in [-0.39, 0.29) is 0 Å². The number of hydrogen-bond donors (Lipinski definition) is 1. The maximum atomic E-state index is 9.92. The van der Waals surface area contributed by atoms with Crippen molar-refractivity contribution in [3.8, 4) is 0 Å². The van der Waals surface area contributed by atoms with Gasteiger partial charge in [-0.2, -0.15) is 5.10 Å². The van der Waals surface area contributed by atoms with Crippen molar-refractivity contribution in [3.63, 3.8) is 0 Å². The van der Waals surface area contributed by atoms with Crippen molar-refractivity contribution < 1.29 is 5.11 Å². The minimum absolute atomic E-state index is 0.329. The molecule has 1 unspecified atom stereocenters. The van der Waals surface area contributed by atoms with Gasteiger partial charge in [-0.3, -0.25) is 4.68 Å². The first-order valence-electron chi connectivity index (χ1n) is 4.86. The highest BCUT2D eigenvalue weighted by atomic mass is 16.3. The summed E-state index contributed by atoms with van der Waals surface area (Å²) in [4.78, 5) is 0. The third-order valence-electron chi connectivity index (χ3n) is 2.53. The zero-order chi connectivity index (χ0) is 9.84. The van der Waals surface area contributed by atoms with E-state index in [1.165, 1.54) is 0 Å². The second-order valence-electron chi connectivity index (χ2n) is 3.44. The fourth-order valence-electron chi connectivity index (χ4n) is 1.57. The van der Waals surface area contributed by atoms with E-state index in [4.69, 9.17) is 0 Å². The molecule has 0 amide bonds. The molecular formula is C10H18N2O. The molecule has 0 aliphatic carbocycles. The SMILES string of the molecule is CCC(CC)C(O)c1ccn(C)n1. The first kappa shape index (κ1) is 10.3. The van der Waals surface area contributed by atoms with Crippen LogP contribution in [0.5, 0.6) is 0 Å². The second kappa shape index (κ2) is 4.42. The summed E-state index contributed by atoms with van der Waals surface area (Å²) in [7, 11) is 1.86. The largest absolute Gasteiger partial charge is 0.386 e. The van der Waals surface area contributed by atoms with Crippen LogP contribution in [0.2, 0.25) is 0 Å². The Balaban J connectivity index is 2.71. The first-order valence-corrected chi connectivity index (χ1v) is 4.86. The van der Waals surface area contributed by atoms with Crippen molar-refractivity contribution in [1.82, 2.24) is 9.78 Å². The van der Waals surface area contributed by atoms with Crippen LogP contribution in [0, 0.1) is 5.92 Å². The molecule has 1 N–H and O–H groups in total. The number of aryl methyl sites for hydroxylation is 1. The Labute approximate surface area is 79.4 Å². The van der Waals surface area contributed by atoms with Crippen LogP contribution in [-0.2, 0) is 7.05 Å². The minimum Gasteiger partial charge on any atom is -0.386 e. The van der Waals surface area contributed by atoms with Crippen molar-refractivity contribution in [1.29, 1.82) is 0 Å². The molecular weight excluding hydrogens is 164 g/mol. The van der Waals surface area contributed by atoms with Gasteiger partial charge < -0.3 is 5.11 Å². The fraction of sp³-hybridized carbons (Fsp3) is 0.700. The molecule has 74 valence electrons. The smallest absolute Gasteiger partial charge is 0.101 e. The van der Waals surface area contributed by atoms with Crippen LogP contribution in [0.1, 0.15) is 38.5 Å². The van der Waals surface area contributed by atoms with Gasteiger partial charge in [-0.15, -0.1) is 0 Å². The quantitative estimate of drug-likeness (QED) is 0.772. The van der Waals surface area contributed by atoms with Gasteiger partial charge in [0.05, 0.1) is 5.69 Å². The summed E-state index contributed by atoms with van der Waals surface area (Å²) in [5, 5.41) is 14.1. The monoisotopic (exact) mass is 182 g/mol. The molecule has 13 heavy (non-hydrogen) atoms. The fourth-order valence-corrected chi connectivity index (χ4v) is 1.57. The molecule has 0 spiro atoms. The Hall–Kier alpha value is -0.830. The number of aromatic nitrogens is 2. The van der Waals surface area contributed by atoms with E-state index in [0.717, 1.165) is 18.5 Å². The minimum atomic E-state index is -0.406. The van der Waals surface area contributed by atoms with Gasteiger partial charge in [0.1, 0.15) is 6.10 Å². The molecule has 0 aromatic carbocycles. The third-order valence-corrected chi connectivity index (χ3v) is 2.53. The van der Waals surface area contributed by atoms with Gasteiger partial charge in [0.15, 0.2) is 0 Å². The summed E-state index contributed by atoms with van der Waals surface area (Å²) in [6, 6.07) is 1.88. The van der Waals surface area contributed by atoms with E-state index >= 15 is 0 Å². The molecule has 1 aromatic rings. The van der Waals surface area contributed by atoms with Gasteiger partial charge in [-0.25, -0.2) is 0 Å². The lowest BCUT2D eigenvalue weighted by Gasteiger charge is -2.17. The van der Waals surface area contributed by atoms with Crippen LogP contribution in [-0.4, -0.2) is 14.9 Å². The predicted octanol–water partition coefficient (Wildman–Crippen LogP) is 1.89. The average molecular weight is 182 g/mol. The average Bonchev–Trinajstić information content (AvgIpc) is 2.54. The molecule has 0 saturated carbocycles. The van der Waals surface area contributed by atoms with Crippen LogP contribution < -0.4 is 0 Å². The highest BCUT2D eigenvalue weighted by Crippen LogP contribution is 2.25. The van der Waals surface area contributed by atoms with Crippen molar-refractivity contribution in [3.05, 3.63) is 18.0 Å². The molecule has 0 fully saturated rings. The van der Waals surface area contributed by atoms with Crippen LogP contribution in [0.3, 0.4) is 0 Å². The number of rotatable bonds is 4. The maximum absolute atomic E-state index is 9.92. The standard InChI is InChI=1S/C10H18N2O/c1-4-8(5-2)10(13)9-6-7-12(3)11-9/h6-8,10,13H,4-5H2,1-3H3. The van der Waals surface area contributed by atoms with E-state index in [9.17, 15) is 5.11 Å². The normalized spacial score (nSPS) is 13.6. The van der Waals surface area contributed by atoms with Crippen LogP contribution in [0.15, 0.2) is 12.3 Å². The highest BCUT2D eigenvalue weighted by Gasteiger charge is 2.19. The number of aliphatic hydroxyl groups excluding tert-OH is 1. The molecule has 0 aliphatic rings. The number of aliphatic hydroxyl groups is 1. The summed E-state index contributed by atoms with van der Waals surface area (Å²) in [5.41, 5.74) is 0.788. The van der Waals surface area contributed by atoms with E-state index in [1.807, 2.05) is 19.3 Å². The molecule has 3 nitrogen and oxygen atoms in total. The van der Waals surface area contributed by atoms with Gasteiger partial charge in [-0.05, 0) is 12.0 Å². The van der Waals surface area contributed by atoms with E-state index in [2.05, 4.69) is 18.9 Å². The summed E-state index contributed by atoms with van der Waals surface area (Å²) in [5.74, 6) is 0.329. The summed E-state index contributed by atoms with van der Waals surface area (Å²) in [6.07, 6.45) is 3.44. The Bertz CT molecular complexity index is 253. The molecule has 1 atom stereocenters. The lowest BCUT2D eigenvalue weighted by atomic mass is 9.95. The van der Waals surface area contributed by atoms with Gasteiger partial charge in [0.2, 0.25) is 0 Å². The molecule has 3 heteroatoms. The topological polar surface area (TPSA) is 38.0 Å². The van der Waals surface area contributed by atoms with Gasteiger partial charge in [0.25, 0.3) is 0 Å². The Morgan fingerprint density at radius 3 is 2.46 bits per heavy atom. The molecule has 0 saturated heterocycles. The maximum Gasteiger partial charge on any atom is 0.101 e. The lowest BCUT2D eigenvalue weighted by molar-refractivity contribution is 0.0985. The Morgan fingerprint density at radius 2 is 2.08 bits per heavy atom. The van der Waals surface area contributed by atoms with Gasteiger partial charge in [0, 0.05) is 13.2 Å². The van der Waals surface area contributed by atoms with Crippen molar-refractivity contribution in [2.24, 2.45) is 13.0 Å². The molecule has 0 bridgehead atoms. The molecule has 1 rings (SSSR count). The Morgan fingerprint density at radius 1 is 1.46 bits per heavy atom. The lowest BCUT2D eigenvalue weighted by Crippen LogP contribution is -2.11. The number of nitrogens with zero attached hydrogens (tertiary/aromatic N) is 2. The zero-order valence-corrected chi connectivity index (χ0v) is 8.57. The predicted molar refractivity (Wildman–Crippen MR) is 52.2 cm³/mol. The molecule has 0 radical (unpaired) electrons. The van der Waals surface area contributed by atoms with E-state index in [0.29, 0.717) is 5.92 Å². The van der Waals surface area contributed by atoms with Crippen molar-refractivity contribution in [2.75, 3.05) is 0 Å². The van der Waals surface area contributed by atoms with E-state index in [1.54, 1.807) is 4.68 Å². The van der Waals surface area contributed by atoms with Crippen LogP contribution in [0.25, 0.3) is 0 Å². The van der Waals surface area contributed by atoms with E-state index < -0.39 is 6.10 Å². The van der Waals surface area contributed by atoms with Crippen molar-refractivity contribution >= 4 is 0 Å². The zero-order valence-electron chi connectivity index (χ0n) is 8.57. The van der Waals surface area contributed by atoms with Crippen LogP contribution >= 0.6 is 0 Å². The summed E-state index contributed by atoms with van der Waals surface area (Å²) >= 11 is 0. The van der Waals surface area contributed by atoms with Gasteiger partial charge in [-0.1, -0.05) is 26.7 Å². The molecule has 0 aliphatic heterocycles.